The first-order valence-electron chi connectivity index (χ1n) is 4.78. The molecule has 0 radical (unpaired) electrons. The van der Waals surface area contributed by atoms with Crippen LogP contribution in [0.5, 0.6) is 0 Å². The number of hydrogen-bond donors (Lipinski definition) is 2. The van der Waals surface area contributed by atoms with Gasteiger partial charge in [0.1, 0.15) is 12.1 Å². The summed E-state index contributed by atoms with van der Waals surface area (Å²) >= 11 is 0. The van der Waals surface area contributed by atoms with E-state index < -0.39 is 24.1 Å². The molecule has 0 aliphatic heterocycles. The van der Waals surface area contributed by atoms with E-state index >= 15 is 0 Å². The highest BCUT2D eigenvalue weighted by Crippen LogP contribution is 2.15. The minimum absolute atomic E-state index is 0.181. The maximum Gasteiger partial charge on any atom is 0.325 e. The molecule has 1 aromatic heterocycles. The Hall–Kier alpha value is -1.53. The summed E-state index contributed by atoms with van der Waals surface area (Å²) in [5.74, 6) is -1.38. The van der Waals surface area contributed by atoms with Crippen molar-refractivity contribution >= 4 is 5.97 Å². The molecule has 0 fully saturated rings. The molecule has 88 valence electrons. The minimum Gasteiger partial charge on any atom is -0.465 e. The second-order valence-electron chi connectivity index (χ2n) is 3.14. The Balaban J connectivity index is 2.73. The van der Waals surface area contributed by atoms with Crippen LogP contribution in [0, 0.1) is 5.95 Å². The lowest BCUT2D eigenvalue weighted by Gasteiger charge is -2.17. The van der Waals surface area contributed by atoms with Gasteiger partial charge < -0.3 is 15.6 Å². The van der Waals surface area contributed by atoms with Crippen molar-refractivity contribution in [1.82, 2.24) is 4.98 Å². The molecule has 5 nitrogen and oxygen atoms in total. The SMILES string of the molecule is CCOC(=O)[C@@H](N)[C@H](O)c1ccc(F)nc1. The van der Waals surface area contributed by atoms with Crippen LogP contribution in [0.1, 0.15) is 18.6 Å². The van der Waals surface area contributed by atoms with Gasteiger partial charge in [-0.1, -0.05) is 6.07 Å². The molecule has 0 amide bonds. The van der Waals surface area contributed by atoms with Crippen LogP contribution in [0.15, 0.2) is 18.3 Å². The van der Waals surface area contributed by atoms with Gasteiger partial charge >= 0.3 is 5.97 Å². The van der Waals surface area contributed by atoms with Gasteiger partial charge in [0.2, 0.25) is 5.95 Å². The number of halogens is 1. The van der Waals surface area contributed by atoms with Gasteiger partial charge in [0.15, 0.2) is 0 Å². The number of rotatable bonds is 4. The van der Waals surface area contributed by atoms with Crippen molar-refractivity contribution in [2.45, 2.75) is 19.1 Å². The molecule has 1 rings (SSSR count). The number of pyridine rings is 1. The van der Waals surface area contributed by atoms with Crippen molar-refractivity contribution in [3.8, 4) is 0 Å². The molecule has 0 saturated carbocycles. The summed E-state index contributed by atoms with van der Waals surface area (Å²) in [6.07, 6.45) is -0.133. The van der Waals surface area contributed by atoms with Crippen molar-refractivity contribution in [2.75, 3.05) is 6.61 Å². The standard InChI is InChI=1S/C10H13FN2O3/c1-2-16-10(15)8(12)9(14)6-3-4-7(11)13-5-6/h3-5,8-9,14H,2,12H2,1H3/t8-,9+/m0/s1. The molecular weight excluding hydrogens is 215 g/mol. The molecule has 0 aliphatic carbocycles. The Kier molecular flexibility index (Phi) is 4.33. The predicted molar refractivity (Wildman–Crippen MR) is 53.8 cm³/mol. The highest BCUT2D eigenvalue weighted by Gasteiger charge is 2.25. The van der Waals surface area contributed by atoms with Crippen molar-refractivity contribution in [3.63, 3.8) is 0 Å². The van der Waals surface area contributed by atoms with E-state index in [4.69, 9.17) is 5.73 Å². The zero-order valence-corrected chi connectivity index (χ0v) is 8.76. The first-order chi connectivity index (χ1) is 7.56. The Morgan fingerprint density at radius 3 is 2.88 bits per heavy atom. The predicted octanol–water partition coefficient (Wildman–Crippen LogP) is 0.144. The Morgan fingerprint density at radius 2 is 2.38 bits per heavy atom. The normalized spacial score (nSPS) is 14.2. The number of carbonyl (C=O) groups is 1. The summed E-state index contributed by atoms with van der Waals surface area (Å²) in [6.45, 7) is 1.82. The molecule has 0 aliphatic rings. The average Bonchev–Trinajstić information content (AvgIpc) is 2.28. The zero-order valence-electron chi connectivity index (χ0n) is 8.76. The Labute approximate surface area is 92.1 Å². The first-order valence-corrected chi connectivity index (χ1v) is 4.78. The van der Waals surface area contributed by atoms with Crippen LogP contribution in [-0.4, -0.2) is 28.7 Å². The second-order valence-corrected chi connectivity index (χ2v) is 3.14. The minimum atomic E-state index is -1.26. The summed E-state index contributed by atoms with van der Waals surface area (Å²) in [7, 11) is 0. The number of aromatic nitrogens is 1. The highest BCUT2D eigenvalue weighted by molar-refractivity contribution is 5.76. The van der Waals surface area contributed by atoms with E-state index in [-0.39, 0.29) is 12.2 Å². The molecule has 1 heterocycles. The fraction of sp³-hybridized carbons (Fsp3) is 0.400. The zero-order chi connectivity index (χ0) is 12.1. The van der Waals surface area contributed by atoms with E-state index in [1.807, 2.05) is 0 Å². The van der Waals surface area contributed by atoms with E-state index in [9.17, 15) is 14.3 Å². The monoisotopic (exact) mass is 228 g/mol. The van der Waals surface area contributed by atoms with E-state index in [1.54, 1.807) is 6.92 Å². The van der Waals surface area contributed by atoms with Gasteiger partial charge in [-0.15, -0.1) is 0 Å². The lowest BCUT2D eigenvalue weighted by molar-refractivity contribution is -0.147. The summed E-state index contributed by atoms with van der Waals surface area (Å²) in [5.41, 5.74) is 5.74. The van der Waals surface area contributed by atoms with Gasteiger partial charge in [0.25, 0.3) is 0 Å². The van der Waals surface area contributed by atoms with Gasteiger partial charge in [0, 0.05) is 11.8 Å². The van der Waals surface area contributed by atoms with E-state index in [0.29, 0.717) is 0 Å². The molecule has 2 atom stereocenters. The molecule has 0 spiro atoms. The van der Waals surface area contributed by atoms with Gasteiger partial charge in [-0.05, 0) is 13.0 Å². The molecule has 0 unspecified atom stereocenters. The Morgan fingerprint density at radius 1 is 1.69 bits per heavy atom. The molecule has 3 N–H and O–H groups in total. The van der Waals surface area contributed by atoms with Crippen molar-refractivity contribution in [3.05, 3.63) is 29.8 Å². The quantitative estimate of drug-likeness (QED) is 0.565. The molecule has 0 bridgehead atoms. The van der Waals surface area contributed by atoms with Crippen LogP contribution >= 0.6 is 0 Å². The van der Waals surface area contributed by atoms with Crippen molar-refractivity contribution < 1.29 is 19.0 Å². The molecule has 0 saturated heterocycles. The average molecular weight is 228 g/mol. The largest absolute Gasteiger partial charge is 0.465 e. The van der Waals surface area contributed by atoms with Gasteiger partial charge in [-0.2, -0.15) is 4.39 Å². The first kappa shape index (κ1) is 12.5. The summed E-state index contributed by atoms with van der Waals surface area (Å²) < 4.78 is 17.2. The van der Waals surface area contributed by atoms with E-state index in [1.165, 1.54) is 6.07 Å². The van der Waals surface area contributed by atoms with Crippen LogP contribution in [0.25, 0.3) is 0 Å². The molecule has 16 heavy (non-hydrogen) atoms. The van der Waals surface area contributed by atoms with Crippen LogP contribution in [-0.2, 0) is 9.53 Å². The molecule has 0 aromatic carbocycles. The number of ether oxygens (including phenoxy) is 1. The number of nitrogens with zero attached hydrogens (tertiary/aromatic N) is 1. The van der Waals surface area contributed by atoms with E-state index in [0.717, 1.165) is 12.3 Å². The molecule has 1 aromatic rings. The van der Waals surface area contributed by atoms with Crippen LogP contribution in [0.4, 0.5) is 4.39 Å². The van der Waals surface area contributed by atoms with Crippen LogP contribution in [0.2, 0.25) is 0 Å². The lowest BCUT2D eigenvalue weighted by Crippen LogP contribution is -2.38. The number of carbonyl (C=O) groups excluding carboxylic acids is 1. The number of esters is 1. The molecule has 6 heteroatoms. The maximum atomic E-state index is 12.5. The topological polar surface area (TPSA) is 85.4 Å². The fourth-order valence-electron chi connectivity index (χ4n) is 1.14. The number of hydrogen-bond acceptors (Lipinski definition) is 5. The lowest BCUT2D eigenvalue weighted by atomic mass is 10.1. The molecular formula is C10H13FN2O3. The Bertz CT molecular complexity index is 356. The summed E-state index contributed by atoms with van der Waals surface area (Å²) in [5, 5.41) is 9.69. The fourth-order valence-corrected chi connectivity index (χ4v) is 1.14. The maximum absolute atomic E-state index is 12.5. The van der Waals surface area contributed by atoms with E-state index in [2.05, 4.69) is 9.72 Å². The van der Waals surface area contributed by atoms with Gasteiger partial charge in [-0.3, -0.25) is 4.79 Å². The highest BCUT2D eigenvalue weighted by atomic mass is 19.1. The third kappa shape index (κ3) is 2.98. The number of aliphatic hydroxyl groups is 1. The van der Waals surface area contributed by atoms with Gasteiger partial charge in [-0.25, -0.2) is 4.98 Å². The number of nitrogens with two attached hydrogens (primary N) is 1. The van der Waals surface area contributed by atoms with Crippen molar-refractivity contribution in [2.24, 2.45) is 5.73 Å². The van der Waals surface area contributed by atoms with Crippen LogP contribution in [0.3, 0.4) is 0 Å². The van der Waals surface area contributed by atoms with Crippen LogP contribution < -0.4 is 5.73 Å². The smallest absolute Gasteiger partial charge is 0.325 e. The third-order valence-corrected chi connectivity index (χ3v) is 1.99. The second kappa shape index (κ2) is 5.53. The summed E-state index contributed by atoms with van der Waals surface area (Å²) in [6, 6.07) is 1.19. The van der Waals surface area contributed by atoms with Gasteiger partial charge in [0.05, 0.1) is 6.61 Å². The number of aliphatic hydroxyl groups excluding tert-OH is 1. The summed E-state index contributed by atoms with van der Waals surface area (Å²) in [4.78, 5) is 14.6. The van der Waals surface area contributed by atoms with Crippen molar-refractivity contribution in [1.29, 1.82) is 0 Å². The third-order valence-electron chi connectivity index (χ3n) is 1.99.